The number of hydrogen-bond acceptors (Lipinski definition) is 5. The fourth-order valence-corrected chi connectivity index (χ4v) is 1.86. The Labute approximate surface area is 128 Å². The molecule has 0 aliphatic heterocycles. The van der Waals surface area contributed by atoms with E-state index in [-0.39, 0.29) is 11.3 Å². The van der Waals surface area contributed by atoms with Crippen molar-refractivity contribution in [1.82, 2.24) is 15.0 Å². The van der Waals surface area contributed by atoms with Crippen LogP contribution in [-0.4, -0.2) is 21.6 Å². The Morgan fingerprint density at radius 3 is 2.74 bits per heavy atom. The minimum absolute atomic E-state index is 0.0594. The molecule has 0 radical (unpaired) electrons. The lowest BCUT2D eigenvalue weighted by molar-refractivity contribution is 0.312. The van der Waals surface area contributed by atoms with Gasteiger partial charge in [0, 0.05) is 10.2 Å². The van der Waals surface area contributed by atoms with E-state index in [0.29, 0.717) is 17.6 Å². The van der Waals surface area contributed by atoms with Crippen LogP contribution in [0.5, 0.6) is 6.01 Å². The van der Waals surface area contributed by atoms with Gasteiger partial charge in [-0.25, -0.2) is 0 Å². The van der Waals surface area contributed by atoms with Crippen LogP contribution in [0.1, 0.15) is 6.92 Å². The third-order valence-corrected chi connectivity index (χ3v) is 3.44. The predicted molar refractivity (Wildman–Crippen MR) is 78.4 cm³/mol. The molecule has 0 fully saturated rings. The predicted octanol–water partition coefficient (Wildman–Crippen LogP) is 4.08. The van der Waals surface area contributed by atoms with E-state index in [0.717, 1.165) is 10.2 Å². The number of anilines is 2. The van der Waals surface area contributed by atoms with E-state index >= 15 is 0 Å². The Bertz CT molecular complexity index is 597. The van der Waals surface area contributed by atoms with Gasteiger partial charge in [-0.3, -0.25) is 0 Å². The van der Waals surface area contributed by atoms with Crippen molar-refractivity contribution in [3.05, 3.63) is 33.0 Å². The molecule has 1 heterocycles. The molecule has 0 saturated carbocycles. The van der Waals surface area contributed by atoms with Crippen LogP contribution in [0.15, 0.2) is 22.7 Å². The number of hydrogen-bond donors (Lipinski definition) is 1. The fraction of sp³-hybridized carbons (Fsp3) is 0.182. The molecule has 100 valence electrons. The second kappa shape index (κ2) is 6.36. The number of rotatable bonds is 4. The smallest absolute Gasteiger partial charge is 0.322 e. The summed E-state index contributed by atoms with van der Waals surface area (Å²) in [6.07, 6.45) is 0. The summed E-state index contributed by atoms with van der Waals surface area (Å²) >= 11 is 15.1. The van der Waals surface area contributed by atoms with Crippen LogP contribution in [0.4, 0.5) is 11.6 Å². The molecular weight excluding hydrogens is 355 g/mol. The van der Waals surface area contributed by atoms with E-state index in [9.17, 15) is 0 Å². The van der Waals surface area contributed by atoms with E-state index in [2.05, 4.69) is 36.2 Å². The highest BCUT2D eigenvalue weighted by Crippen LogP contribution is 2.27. The zero-order chi connectivity index (χ0) is 13.8. The first-order chi connectivity index (χ1) is 9.08. The van der Waals surface area contributed by atoms with Crippen LogP contribution in [0.2, 0.25) is 10.3 Å². The van der Waals surface area contributed by atoms with E-state index in [1.807, 2.05) is 19.1 Å². The number of halogens is 3. The van der Waals surface area contributed by atoms with Crippen LogP contribution in [-0.2, 0) is 0 Å². The molecule has 0 amide bonds. The normalized spacial score (nSPS) is 10.3. The van der Waals surface area contributed by atoms with E-state index < -0.39 is 0 Å². The largest absolute Gasteiger partial charge is 0.464 e. The third-order valence-electron chi connectivity index (χ3n) is 2.04. The Morgan fingerprint density at radius 2 is 2.05 bits per heavy atom. The maximum Gasteiger partial charge on any atom is 0.322 e. The summed E-state index contributed by atoms with van der Waals surface area (Å²) in [4.78, 5) is 11.9. The third kappa shape index (κ3) is 3.92. The maximum absolute atomic E-state index is 6.00. The van der Waals surface area contributed by atoms with Gasteiger partial charge >= 0.3 is 6.01 Å². The Hall–Kier alpha value is -1.11. The van der Waals surface area contributed by atoms with Crippen LogP contribution in [0.25, 0.3) is 0 Å². The average molecular weight is 364 g/mol. The summed E-state index contributed by atoms with van der Waals surface area (Å²) in [6.45, 7) is 2.28. The van der Waals surface area contributed by atoms with Crippen LogP contribution in [0, 0.1) is 0 Å². The van der Waals surface area contributed by atoms with E-state index in [1.165, 1.54) is 0 Å². The van der Waals surface area contributed by atoms with Crippen molar-refractivity contribution in [1.29, 1.82) is 0 Å². The van der Waals surface area contributed by atoms with Gasteiger partial charge in [-0.05, 0) is 52.7 Å². The highest BCUT2D eigenvalue weighted by Gasteiger charge is 2.07. The summed E-state index contributed by atoms with van der Waals surface area (Å²) in [5.41, 5.74) is 0.734. The van der Waals surface area contributed by atoms with Crippen molar-refractivity contribution in [2.24, 2.45) is 0 Å². The van der Waals surface area contributed by atoms with Crippen molar-refractivity contribution < 1.29 is 4.74 Å². The monoisotopic (exact) mass is 362 g/mol. The number of ether oxygens (including phenoxy) is 1. The van der Waals surface area contributed by atoms with Crippen LogP contribution < -0.4 is 10.1 Å². The molecular formula is C11H9BrCl2N4O. The topological polar surface area (TPSA) is 59.9 Å². The van der Waals surface area contributed by atoms with Gasteiger partial charge in [0.05, 0.1) is 11.6 Å². The second-order valence-corrected chi connectivity index (χ2v) is 5.00. The van der Waals surface area contributed by atoms with Gasteiger partial charge in [0.1, 0.15) is 0 Å². The van der Waals surface area contributed by atoms with Gasteiger partial charge in [0.25, 0.3) is 0 Å². The minimum atomic E-state index is 0.0594. The van der Waals surface area contributed by atoms with Crippen LogP contribution in [0.3, 0.4) is 0 Å². The lowest BCUT2D eigenvalue weighted by Crippen LogP contribution is -2.03. The van der Waals surface area contributed by atoms with Crippen molar-refractivity contribution in [3.8, 4) is 6.01 Å². The van der Waals surface area contributed by atoms with Gasteiger partial charge in [0.2, 0.25) is 11.2 Å². The molecule has 1 aromatic heterocycles. The molecule has 0 atom stereocenters. The van der Waals surface area contributed by atoms with Crippen molar-refractivity contribution >= 4 is 50.8 Å². The number of benzene rings is 1. The first-order valence-electron chi connectivity index (χ1n) is 5.35. The quantitative estimate of drug-likeness (QED) is 0.886. The second-order valence-electron chi connectivity index (χ2n) is 3.40. The molecule has 0 aliphatic rings. The van der Waals surface area contributed by atoms with E-state index in [1.54, 1.807) is 6.07 Å². The molecule has 1 aromatic carbocycles. The van der Waals surface area contributed by atoms with Gasteiger partial charge < -0.3 is 10.1 Å². The number of aromatic nitrogens is 3. The lowest BCUT2D eigenvalue weighted by atomic mass is 10.3. The van der Waals surface area contributed by atoms with Crippen molar-refractivity contribution in [2.45, 2.75) is 6.92 Å². The molecule has 0 bridgehead atoms. The fourth-order valence-electron chi connectivity index (χ4n) is 1.28. The van der Waals surface area contributed by atoms with Crippen LogP contribution >= 0.6 is 39.1 Å². The highest BCUT2D eigenvalue weighted by atomic mass is 79.9. The first kappa shape index (κ1) is 14.3. The Kier molecular flexibility index (Phi) is 4.79. The molecule has 0 saturated heterocycles. The zero-order valence-electron chi connectivity index (χ0n) is 9.82. The standard InChI is InChI=1S/C11H9BrCl2N4O/c1-2-19-11-17-9(14)16-10(18-11)15-6-3-4-7(12)8(13)5-6/h3-5H,2H2,1H3,(H,15,16,17,18). The lowest BCUT2D eigenvalue weighted by Gasteiger charge is -2.07. The molecule has 0 aliphatic carbocycles. The van der Waals surface area contributed by atoms with Gasteiger partial charge in [-0.2, -0.15) is 15.0 Å². The SMILES string of the molecule is CCOc1nc(Cl)nc(Nc2ccc(Br)c(Cl)c2)n1. The summed E-state index contributed by atoms with van der Waals surface area (Å²) in [7, 11) is 0. The van der Waals surface area contributed by atoms with Gasteiger partial charge in [-0.1, -0.05) is 11.6 Å². The molecule has 1 N–H and O–H groups in total. The molecule has 0 spiro atoms. The molecule has 5 nitrogen and oxygen atoms in total. The molecule has 8 heteroatoms. The minimum Gasteiger partial charge on any atom is -0.464 e. The maximum atomic E-state index is 6.00. The summed E-state index contributed by atoms with van der Waals surface area (Å²) in [6, 6.07) is 5.56. The summed E-state index contributed by atoms with van der Waals surface area (Å²) < 4.78 is 6.00. The van der Waals surface area contributed by atoms with Crippen molar-refractivity contribution in [2.75, 3.05) is 11.9 Å². The summed E-state index contributed by atoms with van der Waals surface area (Å²) in [5, 5.41) is 3.62. The molecule has 19 heavy (non-hydrogen) atoms. The van der Waals surface area contributed by atoms with Gasteiger partial charge in [-0.15, -0.1) is 0 Å². The molecule has 0 unspecified atom stereocenters. The Balaban J connectivity index is 2.24. The number of nitrogens with one attached hydrogen (secondary N) is 1. The Morgan fingerprint density at radius 1 is 1.26 bits per heavy atom. The summed E-state index contributed by atoms with van der Waals surface area (Å²) in [5.74, 6) is 0.293. The zero-order valence-corrected chi connectivity index (χ0v) is 12.9. The van der Waals surface area contributed by atoms with E-state index in [4.69, 9.17) is 27.9 Å². The average Bonchev–Trinajstić information content (AvgIpc) is 2.33. The first-order valence-corrected chi connectivity index (χ1v) is 6.90. The molecule has 2 aromatic rings. The van der Waals surface area contributed by atoms with Gasteiger partial charge in [0.15, 0.2) is 0 Å². The number of nitrogens with zero attached hydrogens (tertiary/aromatic N) is 3. The molecule has 2 rings (SSSR count). The van der Waals surface area contributed by atoms with Crippen molar-refractivity contribution in [3.63, 3.8) is 0 Å². The highest BCUT2D eigenvalue weighted by molar-refractivity contribution is 9.10.